The van der Waals surface area contributed by atoms with E-state index in [4.69, 9.17) is 4.74 Å². The molecule has 4 nitrogen and oxygen atoms in total. The van der Waals surface area contributed by atoms with Crippen LogP contribution in [0.15, 0.2) is 17.1 Å². The number of aliphatic imine (C=N–C) groups is 1. The van der Waals surface area contributed by atoms with Gasteiger partial charge in [-0.15, -0.1) is 0 Å². The molecule has 0 spiro atoms. The van der Waals surface area contributed by atoms with Gasteiger partial charge >= 0.3 is 0 Å². The Bertz CT molecular complexity index is 226. The van der Waals surface area contributed by atoms with E-state index in [2.05, 4.69) is 35.1 Å². The molecule has 0 heterocycles. The fraction of sp³-hybridized carbons (Fsp3) is 0.750. The second-order valence-electron chi connectivity index (χ2n) is 3.60. The Morgan fingerprint density at radius 3 is 2.69 bits per heavy atom. The van der Waals surface area contributed by atoms with Crippen LogP contribution in [-0.4, -0.2) is 57.7 Å². The van der Waals surface area contributed by atoms with Crippen molar-refractivity contribution in [3.8, 4) is 0 Å². The predicted molar refractivity (Wildman–Crippen MR) is 70.1 cm³/mol. The summed E-state index contributed by atoms with van der Waals surface area (Å²) in [7, 11) is 5.34. The minimum Gasteiger partial charge on any atom is -0.481 e. The molecule has 0 saturated carbocycles. The van der Waals surface area contributed by atoms with Gasteiger partial charge in [0.05, 0.1) is 7.11 Å². The van der Waals surface area contributed by atoms with Crippen LogP contribution >= 0.6 is 0 Å². The van der Waals surface area contributed by atoms with Crippen molar-refractivity contribution in [3.05, 3.63) is 12.2 Å². The lowest BCUT2D eigenvalue weighted by Crippen LogP contribution is -2.36. The molecule has 0 bridgehead atoms. The normalized spacial score (nSPS) is 14.8. The number of rotatable bonds is 7. The van der Waals surface area contributed by atoms with Gasteiger partial charge in [-0.3, -0.25) is 9.89 Å². The second-order valence-corrected chi connectivity index (χ2v) is 3.60. The van der Waals surface area contributed by atoms with Gasteiger partial charge in [0.25, 0.3) is 0 Å². The van der Waals surface area contributed by atoms with Gasteiger partial charge in [-0.25, -0.2) is 0 Å². The Hall–Kier alpha value is -0.870. The highest BCUT2D eigenvalue weighted by Crippen LogP contribution is 2.00. The molecule has 1 unspecified atom stereocenters. The summed E-state index contributed by atoms with van der Waals surface area (Å²) < 4.78 is 5.08. The van der Waals surface area contributed by atoms with E-state index >= 15 is 0 Å². The van der Waals surface area contributed by atoms with Gasteiger partial charge in [0, 0.05) is 26.2 Å². The molecule has 1 N–H and O–H groups in total. The standard InChI is InChI=1S/C12H25N3O/c1-6-15(10-9-13-3)11(2)7-8-12(14-4)16-5/h7-8,11,13H,6,9-10H2,1-5H3/b8-7-,14-12?. The molecule has 0 aromatic heterocycles. The smallest absolute Gasteiger partial charge is 0.207 e. The molecule has 0 radical (unpaired) electrons. The van der Waals surface area contributed by atoms with Crippen LogP contribution in [0.1, 0.15) is 13.8 Å². The molecule has 0 aromatic carbocycles. The maximum atomic E-state index is 5.08. The summed E-state index contributed by atoms with van der Waals surface area (Å²) in [5.41, 5.74) is 0. The van der Waals surface area contributed by atoms with Crippen molar-refractivity contribution in [3.63, 3.8) is 0 Å². The summed E-state index contributed by atoms with van der Waals surface area (Å²) in [5, 5.41) is 3.16. The van der Waals surface area contributed by atoms with E-state index in [1.165, 1.54) is 0 Å². The zero-order chi connectivity index (χ0) is 12.4. The first-order valence-corrected chi connectivity index (χ1v) is 5.77. The fourth-order valence-corrected chi connectivity index (χ4v) is 1.48. The van der Waals surface area contributed by atoms with Gasteiger partial charge in [-0.2, -0.15) is 0 Å². The molecule has 0 aliphatic rings. The Labute approximate surface area is 99.4 Å². The zero-order valence-electron chi connectivity index (χ0n) is 11.2. The van der Waals surface area contributed by atoms with Crippen LogP contribution in [0.25, 0.3) is 0 Å². The van der Waals surface area contributed by atoms with E-state index in [-0.39, 0.29) is 0 Å². The number of ether oxygens (including phenoxy) is 1. The van der Waals surface area contributed by atoms with E-state index in [1.807, 2.05) is 13.1 Å². The summed E-state index contributed by atoms with van der Waals surface area (Å²) in [5.74, 6) is 0.663. The van der Waals surface area contributed by atoms with Crippen LogP contribution in [0.2, 0.25) is 0 Å². The Kier molecular flexibility index (Phi) is 8.85. The first-order valence-electron chi connectivity index (χ1n) is 5.77. The molecule has 4 heteroatoms. The van der Waals surface area contributed by atoms with Crippen LogP contribution in [0, 0.1) is 0 Å². The third-order valence-electron chi connectivity index (χ3n) is 2.58. The number of nitrogens with zero attached hydrogens (tertiary/aromatic N) is 2. The van der Waals surface area contributed by atoms with Crippen LogP contribution in [0.5, 0.6) is 0 Å². The third-order valence-corrected chi connectivity index (χ3v) is 2.58. The van der Waals surface area contributed by atoms with Gasteiger partial charge in [0.1, 0.15) is 0 Å². The monoisotopic (exact) mass is 227 g/mol. The summed E-state index contributed by atoms with van der Waals surface area (Å²) in [6.45, 7) is 7.44. The summed E-state index contributed by atoms with van der Waals surface area (Å²) in [6, 6.07) is 0.394. The van der Waals surface area contributed by atoms with Crippen LogP contribution in [0.4, 0.5) is 0 Å². The molecule has 94 valence electrons. The van der Waals surface area contributed by atoms with Crippen LogP contribution in [-0.2, 0) is 4.74 Å². The average Bonchev–Trinajstić information content (AvgIpc) is 2.31. The molecule has 0 rings (SSSR count). The molecule has 1 atom stereocenters. The number of hydrogen-bond donors (Lipinski definition) is 1. The van der Waals surface area contributed by atoms with E-state index in [0.29, 0.717) is 11.9 Å². The van der Waals surface area contributed by atoms with Crippen molar-refractivity contribution in [1.29, 1.82) is 0 Å². The fourth-order valence-electron chi connectivity index (χ4n) is 1.48. The third kappa shape index (κ3) is 5.88. The minimum atomic E-state index is 0.394. The van der Waals surface area contributed by atoms with Crippen molar-refractivity contribution in [2.45, 2.75) is 19.9 Å². The molecular weight excluding hydrogens is 202 g/mol. The lowest BCUT2D eigenvalue weighted by molar-refractivity contribution is 0.256. The van der Waals surface area contributed by atoms with Gasteiger partial charge in [0.15, 0.2) is 0 Å². The topological polar surface area (TPSA) is 36.9 Å². The van der Waals surface area contributed by atoms with E-state index in [0.717, 1.165) is 19.6 Å². The molecular formula is C12H25N3O. The van der Waals surface area contributed by atoms with Crippen molar-refractivity contribution < 1.29 is 4.74 Å². The second kappa shape index (κ2) is 9.36. The van der Waals surface area contributed by atoms with Crippen molar-refractivity contribution >= 4 is 5.90 Å². The quantitative estimate of drug-likeness (QED) is 0.523. The molecule has 16 heavy (non-hydrogen) atoms. The van der Waals surface area contributed by atoms with Crippen molar-refractivity contribution in [2.75, 3.05) is 40.8 Å². The van der Waals surface area contributed by atoms with E-state index in [1.54, 1.807) is 14.2 Å². The van der Waals surface area contributed by atoms with Gasteiger partial charge < -0.3 is 10.1 Å². The summed E-state index contributed by atoms with van der Waals surface area (Å²) >= 11 is 0. The molecule has 0 amide bonds. The lowest BCUT2D eigenvalue weighted by Gasteiger charge is -2.25. The minimum absolute atomic E-state index is 0.394. The summed E-state index contributed by atoms with van der Waals surface area (Å²) in [4.78, 5) is 6.39. The highest BCUT2D eigenvalue weighted by atomic mass is 16.5. The van der Waals surface area contributed by atoms with Crippen molar-refractivity contribution in [1.82, 2.24) is 10.2 Å². The van der Waals surface area contributed by atoms with Gasteiger partial charge in [-0.05, 0) is 26.6 Å². The highest BCUT2D eigenvalue weighted by molar-refractivity contribution is 5.87. The molecule has 0 aliphatic heterocycles. The molecule has 0 fully saturated rings. The SMILES string of the molecule is CCN(CCNC)C(C)/C=C\C(=NC)OC. The number of methoxy groups -OCH3 is 1. The van der Waals surface area contributed by atoms with Crippen LogP contribution in [0.3, 0.4) is 0 Å². The number of nitrogens with one attached hydrogen (secondary N) is 1. The van der Waals surface area contributed by atoms with Gasteiger partial charge in [0.2, 0.25) is 5.90 Å². The first-order chi connectivity index (χ1) is 7.69. The first kappa shape index (κ1) is 15.1. The largest absolute Gasteiger partial charge is 0.481 e. The van der Waals surface area contributed by atoms with Crippen LogP contribution < -0.4 is 5.32 Å². The molecule has 0 aromatic rings. The lowest BCUT2D eigenvalue weighted by atomic mass is 10.2. The Morgan fingerprint density at radius 2 is 2.25 bits per heavy atom. The van der Waals surface area contributed by atoms with E-state index < -0.39 is 0 Å². The van der Waals surface area contributed by atoms with Gasteiger partial charge in [-0.1, -0.05) is 13.0 Å². The number of likely N-dealkylation sites (N-methyl/N-ethyl adjacent to an activating group) is 2. The number of hydrogen-bond acceptors (Lipinski definition) is 4. The highest BCUT2D eigenvalue weighted by Gasteiger charge is 2.07. The average molecular weight is 227 g/mol. The summed E-state index contributed by atoms with van der Waals surface area (Å²) in [6.07, 6.45) is 4.04. The predicted octanol–water partition coefficient (Wildman–Crippen LogP) is 1.15. The van der Waals surface area contributed by atoms with Crippen molar-refractivity contribution in [2.24, 2.45) is 4.99 Å². The zero-order valence-corrected chi connectivity index (χ0v) is 11.2. The Morgan fingerprint density at radius 1 is 1.56 bits per heavy atom. The molecule has 0 aliphatic carbocycles. The maximum Gasteiger partial charge on any atom is 0.207 e. The molecule has 0 saturated heterocycles. The Balaban J connectivity index is 4.23. The van der Waals surface area contributed by atoms with E-state index in [9.17, 15) is 0 Å². The maximum absolute atomic E-state index is 5.08.